The van der Waals surface area contributed by atoms with Crippen LogP contribution < -0.4 is 0 Å². The number of ether oxygens (including phenoxy) is 2. The Hall–Kier alpha value is -0.0900. The van der Waals surface area contributed by atoms with E-state index < -0.39 is 6.10 Å². The molecular weight excluding hydrogens is 224 g/mol. The van der Waals surface area contributed by atoms with Gasteiger partial charge in [-0.3, -0.25) is 0 Å². The molecule has 72 valence electrons. The van der Waals surface area contributed by atoms with Gasteiger partial charge in [0.1, 0.15) is 6.61 Å². The van der Waals surface area contributed by atoms with Crippen LogP contribution >= 0.6 is 15.9 Å². The van der Waals surface area contributed by atoms with Crippen LogP contribution in [0.5, 0.6) is 0 Å². The van der Waals surface area contributed by atoms with Gasteiger partial charge in [0, 0.05) is 11.9 Å². The van der Waals surface area contributed by atoms with Crippen LogP contribution in [0.2, 0.25) is 0 Å². The Morgan fingerprint density at radius 1 is 1.58 bits per heavy atom. The molecular formula is C8H15BrO3. The standard InChI is InChI=1S/C8H15BrO3/c1-4-7(9)5-12-8(10)6(2)11-3/h6-7H,4-5H2,1-3H3. The second-order valence-electron chi connectivity index (χ2n) is 2.51. The molecule has 0 aromatic carbocycles. The summed E-state index contributed by atoms with van der Waals surface area (Å²) in [6.45, 7) is 4.09. The molecule has 0 radical (unpaired) electrons. The fourth-order valence-electron chi connectivity index (χ4n) is 0.504. The molecule has 2 atom stereocenters. The lowest BCUT2D eigenvalue weighted by Crippen LogP contribution is -2.24. The van der Waals surface area contributed by atoms with Crippen molar-refractivity contribution in [2.45, 2.75) is 31.2 Å². The third-order valence-electron chi connectivity index (χ3n) is 1.53. The molecule has 0 aliphatic carbocycles. The van der Waals surface area contributed by atoms with Gasteiger partial charge in [-0.1, -0.05) is 22.9 Å². The highest BCUT2D eigenvalue weighted by Gasteiger charge is 2.14. The van der Waals surface area contributed by atoms with Crippen molar-refractivity contribution in [3.63, 3.8) is 0 Å². The lowest BCUT2D eigenvalue weighted by Gasteiger charge is -2.11. The molecule has 0 spiro atoms. The highest BCUT2D eigenvalue weighted by Crippen LogP contribution is 2.05. The van der Waals surface area contributed by atoms with E-state index in [2.05, 4.69) is 15.9 Å². The summed E-state index contributed by atoms with van der Waals surface area (Å²) < 4.78 is 9.72. The van der Waals surface area contributed by atoms with Gasteiger partial charge in [0.2, 0.25) is 0 Å². The largest absolute Gasteiger partial charge is 0.463 e. The highest BCUT2D eigenvalue weighted by atomic mass is 79.9. The van der Waals surface area contributed by atoms with Crippen molar-refractivity contribution in [3.8, 4) is 0 Å². The summed E-state index contributed by atoms with van der Waals surface area (Å²) in [5.41, 5.74) is 0. The summed E-state index contributed by atoms with van der Waals surface area (Å²) in [6.07, 6.45) is 0.468. The van der Waals surface area contributed by atoms with E-state index in [1.165, 1.54) is 7.11 Å². The minimum absolute atomic E-state index is 0.241. The fourth-order valence-corrected chi connectivity index (χ4v) is 0.636. The third-order valence-corrected chi connectivity index (χ3v) is 2.45. The monoisotopic (exact) mass is 238 g/mol. The van der Waals surface area contributed by atoms with E-state index in [4.69, 9.17) is 9.47 Å². The first-order valence-corrected chi connectivity index (χ1v) is 4.86. The number of methoxy groups -OCH3 is 1. The van der Waals surface area contributed by atoms with Crippen LogP contribution in [-0.4, -0.2) is 30.6 Å². The van der Waals surface area contributed by atoms with Gasteiger partial charge in [-0.25, -0.2) is 4.79 Å². The van der Waals surface area contributed by atoms with Crippen LogP contribution in [-0.2, 0) is 14.3 Å². The number of hydrogen-bond donors (Lipinski definition) is 0. The van der Waals surface area contributed by atoms with Crippen LogP contribution in [0.3, 0.4) is 0 Å². The Bertz CT molecular complexity index is 138. The van der Waals surface area contributed by atoms with Gasteiger partial charge in [-0.2, -0.15) is 0 Å². The molecule has 0 amide bonds. The number of halogens is 1. The molecule has 0 saturated carbocycles. The lowest BCUT2D eigenvalue weighted by molar-refractivity contribution is -0.154. The Labute approximate surface area is 81.6 Å². The Kier molecular flexibility index (Phi) is 6.38. The average molecular weight is 239 g/mol. The second-order valence-corrected chi connectivity index (χ2v) is 3.81. The Balaban J connectivity index is 3.56. The van der Waals surface area contributed by atoms with E-state index in [0.29, 0.717) is 6.61 Å². The summed E-state index contributed by atoms with van der Waals surface area (Å²) >= 11 is 3.36. The first kappa shape index (κ1) is 11.9. The molecule has 0 N–H and O–H groups in total. The average Bonchev–Trinajstić information content (AvgIpc) is 2.11. The van der Waals surface area contributed by atoms with Crippen LogP contribution in [0.1, 0.15) is 20.3 Å². The van der Waals surface area contributed by atoms with E-state index in [1.807, 2.05) is 6.92 Å². The topological polar surface area (TPSA) is 35.5 Å². The van der Waals surface area contributed by atoms with Gasteiger partial charge in [0.25, 0.3) is 0 Å². The molecule has 0 heterocycles. The maximum Gasteiger partial charge on any atom is 0.334 e. The minimum atomic E-state index is -0.471. The molecule has 0 aliphatic rings. The zero-order valence-corrected chi connectivity index (χ0v) is 9.26. The van der Waals surface area contributed by atoms with Gasteiger partial charge < -0.3 is 9.47 Å². The molecule has 0 bridgehead atoms. The number of hydrogen-bond acceptors (Lipinski definition) is 3. The molecule has 0 fully saturated rings. The summed E-state index contributed by atoms with van der Waals surface area (Å²) in [4.78, 5) is 11.3. The van der Waals surface area contributed by atoms with Crippen molar-refractivity contribution in [1.82, 2.24) is 0 Å². The number of carbonyl (C=O) groups is 1. The van der Waals surface area contributed by atoms with Crippen molar-refractivity contribution >= 4 is 21.9 Å². The Morgan fingerprint density at radius 3 is 2.58 bits per heavy atom. The third kappa shape index (κ3) is 4.72. The molecule has 0 aromatic heterocycles. The molecule has 12 heavy (non-hydrogen) atoms. The second kappa shape index (κ2) is 6.43. The fraction of sp³-hybridized carbons (Fsp3) is 0.875. The summed E-state index contributed by atoms with van der Waals surface area (Å²) in [5.74, 6) is -0.310. The van der Waals surface area contributed by atoms with E-state index in [0.717, 1.165) is 6.42 Å². The first-order valence-electron chi connectivity index (χ1n) is 3.95. The molecule has 4 heteroatoms. The van der Waals surface area contributed by atoms with Crippen molar-refractivity contribution in [2.24, 2.45) is 0 Å². The normalized spacial score (nSPS) is 15.3. The van der Waals surface area contributed by atoms with Gasteiger partial charge in [-0.05, 0) is 13.3 Å². The van der Waals surface area contributed by atoms with Crippen molar-refractivity contribution in [1.29, 1.82) is 0 Å². The van der Waals surface area contributed by atoms with E-state index in [1.54, 1.807) is 6.92 Å². The van der Waals surface area contributed by atoms with Gasteiger partial charge in [-0.15, -0.1) is 0 Å². The Morgan fingerprint density at radius 2 is 2.17 bits per heavy atom. The van der Waals surface area contributed by atoms with E-state index >= 15 is 0 Å². The predicted molar refractivity (Wildman–Crippen MR) is 50.4 cm³/mol. The van der Waals surface area contributed by atoms with Crippen molar-refractivity contribution < 1.29 is 14.3 Å². The molecule has 0 aromatic rings. The summed E-state index contributed by atoms with van der Waals surface area (Å²) in [5, 5.41) is 0. The van der Waals surface area contributed by atoms with Crippen LogP contribution in [0.15, 0.2) is 0 Å². The zero-order chi connectivity index (χ0) is 9.56. The van der Waals surface area contributed by atoms with E-state index in [9.17, 15) is 4.79 Å². The lowest BCUT2D eigenvalue weighted by atomic mass is 10.3. The SMILES string of the molecule is CCC(Br)COC(=O)C(C)OC. The number of carbonyl (C=O) groups excluding carboxylic acids is 1. The van der Waals surface area contributed by atoms with Crippen LogP contribution in [0.4, 0.5) is 0 Å². The van der Waals surface area contributed by atoms with Crippen molar-refractivity contribution in [2.75, 3.05) is 13.7 Å². The maximum absolute atomic E-state index is 11.0. The quantitative estimate of drug-likeness (QED) is 0.541. The van der Waals surface area contributed by atoms with Crippen LogP contribution in [0.25, 0.3) is 0 Å². The van der Waals surface area contributed by atoms with Gasteiger partial charge in [0.15, 0.2) is 6.10 Å². The van der Waals surface area contributed by atoms with Crippen LogP contribution in [0, 0.1) is 0 Å². The summed E-state index contributed by atoms with van der Waals surface area (Å²) in [6, 6.07) is 0. The molecule has 2 unspecified atom stereocenters. The predicted octanol–water partition coefficient (Wildman–Crippen LogP) is 1.74. The summed E-state index contributed by atoms with van der Waals surface area (Å²) in [7, 11) is 1.48. The zero-order valence-electron chi connectivity index (χ0n) is 7.67. The number of esters is 1. The van der Waals surface area contributed by atoms with Crippen molar-refractivity contribution in [3.05, 3.63) is 0 Å². The maximum atomic E-state index is 11.0. The molecule has 0 rings (SSSR count). The number of alkyl halides is 1. The van der Waals surface area contributed by atoms with Gasteiger partial charge >= 0.3 is 5.97 Å². The smallest absolute Gasteiger partial charge is 0.334 e. The molecule has 0 aliphatic heterocycles. The number of rotatable bonds is 5. The molecule has 3 nitrogen and oxygen atoms in total. The van der Waals surface area contributed by atoms with E-state index in [-0.39, 0.29) is 10.8 Å². The highest BCUT2D eigenvalue weighted by molar-refractivity contribution is 9.09. The molecule has 0 saturated heterocycles. The van der Waals surface area contributed by atoms with Gasteiger partial charge in [0.05, 0.1) is 0 Å². The first-order chi connectivity index (χ1) is 5.61. The minimum Gasteiger partial charge on any atom is -0.463 e.